The lowest BCUT2D eigenvalue weighted by molar-refractivity contribution is 0.763. The smallest absolute Gasteiger partial charge is 0.163 e. The second kappa shape index (κ2) is 13.2. The monoisotopic (exact) mass is 717 g/mol. The maximum atomic E-state index is 5.07. The van der Waals surface area contributed by atoms with Crippen molar-refractivity contribution >= 4 is 49.3 Å². The van der Waals surface area contributed by atoms with Crippen molar-refractivity contribution in [3.63, 3.8) is 0 Å². The molecule has 0 bridgehead atoms. The maximum Gasteiger partial charge on any atom is 0.163 e. The van der Waals surface area contributed by atoms with Crippen molar-refractivity contribution in [2.24, 2.45) is 0 Å². The van der Waals surface area contributed by atoms with Crippen LogP contribution in [0.2, 0.25) is 0 Å². The lowest BCUT2D eigenvalue weighted by atomic mass is 9.98. The highest BCUT2D eigenvalue weighted by atomic mass is 15.1. The number of allylic oxidation sites excluding steroid dienone is 4. The third-order valence-electron chi connectivity index (χ3n) is 11.1. The van der Waals surface area contributed by atoms with Gasteiger partial charge >= 0.3 is 0 Å². The van der Waals surface area contributed by atoms with Crippen LogP contribution < -0.4 is 0 Å². The van der Waals surface area contributed by atoms with E-state index in [0.717, 1.165) is 34.8 Å². The fraction of sp³-hybridized carbons (Fsp3) is 0.0392. The number of hydrogen-bond acceptors (Lipinski definition) is 3. The topological polar surface area (TPSA) is 48.5 Å². The van der Waals surface area contributed by atoms with Gasteiger partial charge in [0.1, 0.15) is 5.82 Å². The van der Waals surface area contributed by atoms with Crippen molar-refractivity contribution in [2.75, 3.05) is 0 Å². The zero-order valence-corrected chi connectivity index (χ0v) is 30.5. The second-order valence-corrected chi connectivity index (χ2v) is 14.4. The largest absolute Gasteiger partial charge is 0.308 e. The van der Waals surface area contributed by atoms with E-state index in [1.54, 1.807) is 0 Å². The maximum absolute atomic E-state index is 5.07. The Kier molecular flexibility index (Phi) is 7.56. The molecule has 1 unspecified atom stereocenters. The Morgan fingerprint density at radius 2 is 0.946 bits per heavy atom. The molecule has 11 rings (SSSR count). The number of para-hydroxylation sites is 2. The van der Waals surface area contributed by atoms with Gasteiger partial charge in [-0.2, -0.15) is 0 Å². The van der Waals surface area contributed by atoms with Crippen LogP contribution in [0, 0.1) is 0 Å². The minimum atomic E-state index is -0.00744. The molecule has 0 saturated carbocycles. The van der Waals surface area contributed by atoms with Crippen LogP contribution in [0.1, 0.15) is 18.2 Å². The number of aromatic nitrogens is 5. The van der Waals surface area contributed by atoms with E-state index >= 15 is 0 Å². The molecule has 0 spiro atoms. The molecule has 0 amide bonds. The predicted octanol–water partition coefficient (Wildman–Crippen LogP) is 12.7. The van der Waals surface area contributed by atoms with Gasteiger partial charge in [-0.15, -0.1) is 0 Å². The lowest BCUT2D eigenvalue weighted by Crippen LogP contribution is -2.09. The summed E-state index contributed by atoms with van der Waals surface area (Å²) in [5, 5.41) is 4.92. The lowest BCUT2D eigenvalue weighted by Gasteiger charge is -2.19. The summed E-state index contributed by atoms with van der Waals surface area (Å²) >= 11 is 0. The van der Waals surface area contributed by atoms with Crippen molar-refractivity contribution in [3.8, 4) is 39.6 Å². The van der Waals surface area contributed by atoms with E-state index in [9.17, 15) is 0 Å². The fourth-order valence-electron chi connectivity index (χ4n) is 8.45. The van der Waals surface area contributed by atoms with Crippen LogP contribution in [0.5, 0.6) is 0 Å². The summed E-state index contributed by atoms with van der Waals surface area (Å²) in [6, 6.07) is 62.1. The zero-order chi connectivity index (χ0) is 37.0. The van der Waals surface area contributed by atoms with Crippen LogP contribution in [0.3, 0.4) is 0 Å². The molecular formula is C51H35N5. The van der Waals surface area contributed by atoms with Crippen LogP contribution in [-0.4, -0.2) is 24.1 Å². The van der Waals surface area contributed by atoms with Gasteiger partial charge in [0, 0.05) is 50.0 Å². The first-order chi connectivity index (χ1) is 27.8. The molecule has 0 saturated heterocycles. The highest BCUT2D eigenvalue weighted by Crippen LogP contribution is 2.43. The minimum absolute atomic E-state index is 0.00744. The number of nitrogens with zero attached hydrogens (tertiary/aromatic N) is 5. The van der Waals surface area contributed by atoms with E-state index in [-0.39, 0.29) is 5.92 Å². The first-order valence-corrected chi connectivity index (χ1v) is 19.2. The van der Waals surface area contributed by atoms with Crippen LogP contribution in [0.25, 0.3) is 88.9 Å². The Hall–Kier alpha value is -7.37. The number of hydrogen-bond donors (Lipinski definition) is 0. The van der Waals surface area contributed by atoms with E-state index in [0.29, 0.717) is 11.6 Å². The van der Waals surface area contributed by atoms with Crippen LogP contribution >= 0.6 is 0 Å². The average Bonchev–Trinajstić information content (AvgIpc) is 3.80. The van der Waals surface area contributed by atoms with E-state index in [1.807, 2.05) is 36.4 Å². The molecule has 1 aliphatic rings. The van der Waals surface area contributed by atoms with Crippen molar-refractivity contribution in [3.05, 3.63) is 200 Å². The molecule has 0 fully saturated rings. The van der Waals surface area contributed by atoms with Crippen molar-refractivity contribution in [1.29, 1.82) is 0 Å². The predicted molar refractivity (Wildman–Crippen MR) is 231 cm³/mol. The van der Waals surface area contributed by atoms with Gasteiger partial charge in [0.15, 0.2) is 11.6 Å². The van der Waals surface area contributed by atoms with Crippen LogP contribution in [0.15, 0.2) is 194 Å². The molecule has 0 aliphatic heterocycles. The van der Waals surface area contributed by atoms with Gasteiger partial charge in [0.05, 0.1) is 22.1 Å². The highest BCUT2D eigenvalue weighted by molar-refractivity contribution is 6.24. The van der Waals surface area contributed by atoms with E-state index < -0.39 is 0 Å². The normalized spacial score (nSPS) is 14.2. The van der Waals surface area contributed by atoms with Crippen LogP contribution in [-0.2, 0) is 0 Å². The zero-order valence-electron chi connectivity index (χ0n) is 30.5. The van der Waals surface area contributed by atoms with Gasteiger partial charge in [0.2, 0.25) is 0 Å². The first kappa shape index (κ1) is 32.1. The van der Waals surface area contributed by atoms with Crippen molar-refractivity contribution < 1.29 is 0 Å². The molecular weight excluding hydrogens is 683 g/mol. The van der Waals surface area contributed by atoms with Gasteiger partial charge in [-0.25, -0.2) is 15.0 Å². The van der Waals surface area contributed by atoms with Gasteiger partial charge in [-0.05, 0) is 47.9 Å². The Labute approximate surface area is 324 Å². The Morgan fingerprint density at radius 3 is 1.54 bits per heavy atom. The van der Waals surface area contributed by atoms with Gasteiger partial charge in [-0.3, -0.25) is 0 Å². The molecule has 0 radical (unpaired) electrons. The summed E-state index contributed by atoms with van der Waals surface area (Å²) in [6.45, 7) is 0. The molecule has 3 aromatic heterocycles. The molecule has 1 aliphatic carbocycles. The summed E-state index contributed by atoms with van der Waals surface area (Å²) in [4.78, 5) is 15.1. The standard InChI is InChI=1S/C51H35N5/c1-4-15-34(16-5-1)38-21-14-22-40(33-38)56-46-26-13-11-24-42(46)44-32-31-43-41-23-10-12-25-45(41)55(47(43)48(44)56)39-29-27-37(28-30-39)51-53-49(35-17-6-2-7-18-35)52-50(54-51)36-19-8-3-9-20-36/h1-27,29-33,37H,28H2. The third kappa shape index (κ3) is 5.28. The second-order valence-electron chi connectivity index (χ2n) is 14.4. The number of rotatable bonds is 6. The first-order valence-electron chi connectivity index (χ1n) is 19.2. The van der Waals surface area contributed by atoms with Crippen molar-refractivity contribution in [2.45, 2.75) is 12.3 Å². The molecule has 3 heterocycles. The summed E-state index contributed by atoms with van der Waals surface area (Å²) in [7, 11) is 0. The van der Waals surface area contributed by atoms with Gasteiger partial charge in [0.25, 0.3) is 0 Å². The molecule has 7 aromatic carbocycles. The Bertz CT molecular complexity index is 3100. The minimum Gasteiger partial charge on any atom is -0.308 e. The summed E-state index contributed by atoms with van der Waals surface area (Å²) < 4.78 is 4.93. The van der Waals surface area contributed by atoms with E-state index in [4.69, 9.17) is 15.0 Å². The quantitative estimate of drug-likeness (QED) is 0.172. The van der Waals surface area contributed by atoms with E-state index in [1.165, 1.54) is 54.7 Å². The highest BCUT2D eigenvalue weighted by Gasteiger charge is 2.24. The van der Waals surface area contributed by atoms with E-state index in [2.05, 4.69) is 167 Å². The molecule has 56 heavy (non-hydrogen) atoms. The average molecular weight is 718 g/mol. The van der Waals surface area contributed by atoms with Crippen LogP contribution in [0.4, 0.5) is 0 Å². The molecule has 264 valence electrons. The van der Waals surface area contributed by atoms with Crippen molar-refractivity contribution in [1.82, 2.24) is 24.1 Å². The third-order valence-corrected chi connectivity index (χ3v) is 11.1. The summed E-state index contributed by atoms with van der Waals surface area (Å²) in [5.41, 5.74) is 11.4. The molecule has 1 atom stereocenters. The van der Waals surface area contributed by atoms with Gasteiger partial charge < -0.3 is 9.13 Å². The molecule has 0 N–H and O–H groups in total. The Balaban J connectivity index is 1.09. The number of fused-ring (bicyclic) bond motifs is 7. The fourth-order valence-corrected chi connectivity index (χ4v) is 8.45. The van der Waals surface area contributed by atoms with Gasteiger partial charge in [-0.1, -0.05) is 164 Å². The Morgan fingerprint density at radius 1 is 0.429 bits per heavy atom. The number of benzene rings is 7. The molecule has 10 aromatic rings. The molecule has 5 heteroatoms. The summed E-state index contributed by atoms with van der Waals surface area (Å²) in [6.07, 6.45) is 7.64. The SMILES string of the molecule is C1=CC(c2nc(-c3ccccc3)nc(-c3ccccc3)n2)CC=C1n1c2ccccc2c2ccc3c4ccccc4n(-c4cccc(-c5ccccc5)c4)c3c21. The summed E-state index contributed by atoms with van der Waals surface area (Å²) in [5.74, 6) is 2.14. The molecule has 5 nitrogen and oxygen atoms in total.